The van der Waals surface area contributed by atoms with Crippen LogP contribution in [0.1, 0.15) is 37.9 Å². The van der Waals surface area contributed by atoms with Crippen LogP contribution >= 0.6 is 0 Å². The highest BCUT2D eigenvalue weighted by Crippen LogP contribution is 2.25. The zero-order valence-corrected chi connectivity index (χ0v) is 14.6. The molecule has 0 aliphatic carbocycles. The topological polar surface area (TPSA) is 12.9 Å². The summed E-state index contributed by atoms with van der Waals surface area (Å²) < 4.78 is 0. The van der Waals surface area contributed by atoms with E-state index in [-0.39, 0.29) is 0 Å². The van der Waals surface area contributed by atoms with Crippen LogP contribution in [0.2, 0.25) is 0 Å². The van der Waals surface area contributed by atoms with Crippen LogP contribution < -0.4 is 0 Å². The molecule has 3 rings (SSSR count). The zero-order chi connectivity index (χ0) is 16.8. The number of rotatable bonds is 6. The van der Waals surface area contributed by atoms with Crippen molar-refractivity contribution in [2.45, 2.75) is 39.5 Å². The molecule has 1 nitrogen and oxygen atoms in total. The van der Waals surface area contributed by atoms with Gasteiger partial charge >= 0.3 is 0 Å². The molecule has 3 aromatic rings. The fourth-order valence-corrected chi connectivity index (χ4v) is 3.01. The van der Waals surface area contributed by atoms with E-state index in [1.54, 1.807) is 0 Å². The molecular weight excluding hydrogens is 290 g/mol. The monoisotopic (exact) mass is 315 g/mol. The first kappa shape index (κ1) is 16.4. The number of benzene rings is 2. The Morgan fingerprint density at radius 1 is 0.583 bits per heavy atom. The zero-order valence-electron chi connectivity index (χ0n) is 14.6. The molecule has 0 saturated carbocycles. The number of aryl methyl sites for hydroxylation is 2. The van der Waals surface area contributed by atoms with E-state index in [1.807, 2.05) is 6.20 Å². The number of nitrogens with zero attached hydrogens (tertiary/aromatic N) is 1. The van der Waals surface area contributed by atoms with Gasteiger partial charge in [-0.2, -0.15) is 0 Å². The SMILES string of the molecule is CCCc1ccc(-c2ccc(-c3ccc(CCC)nc3)cc2)cc1. The summed E-state index contributed by atoms with van der Waals surface area (Å²) in [5, 5.41) is 0. The van der Waals surface area contributed by atoms with Crippen molar-refractivity contribution in [2.75, 3.05) is 0 Å². The standard InChI is InChI=1S/C23H25N/c1-3-5-18-7-9-19(10-8-18)20-11-13-21(14-12-20)22-15-16-23(6-4-2)24-17-22/h7-17H,3-6H2,1-2H3. The minimum Gasteiger partial charge on any atom is -0.261 e. The third-order valence-corrected chi connectivity index (χ3v) is 4.38. The molecule has 2 aromatic carbocycles. The molecule has 0 atom stereocenters. The molecule has 0 unspecified atom stereocenters. The van der Waals surface area contributed by atoms with Crippen molar-refractivity contribution in [3.63, 3.8) is 0 Å². The Kier molecular flexibility index (Phi) is 5.43. The minimum atomic E-state index is 1.05. The minimum absolute atomic E-state index is 1.05. The van der Waals surface area contributed by atoms with E-state index < -0.39 is 0 Å². The van der Waals surface area contributed by atoms with Gasteiger partial charge in [-0.25, -0.2) is 0 Å². The molecule has 122 valence electrons. The number of pyridine rings is 1. The first-order valence-electron chi connectivity index (χ1n) is 8.95. The molecule has 0 aliphatic rings. The summed E-state index contributed by atoms with van der Waals surface area (Å²) in [6, 6.07) is 22.0. The van der Waals surface area contributed by atoms with Crippen LogP contribution in [0.5, 0.6) is 0 Å². The van der Waals surface area contributed by atoms with Crippen LogP contribution in [-0.4, -0.2) is 4.98 Å². The molecule has 0 amide bonds. The van der Waals surface area contributed by atoms with Gasteiger partial charge in [0.25, 0.3) is 0 Å². The lowest BCUT2D eigenvalue weighted by Gasteiger charge is -2.07. The van der Waals surface area contributed by atoms with E-state index >= 15 is 0 Å². The number of hydrogen-bond donors (Lipinski definition) is 0. The molecule has 24 heavy (non-hydrogen) atoms. The van der Waals surface area contributed by atoms with Gasteiger partial charge in [-0.3, -0.25) is 4.98 Å². The predicted molar refractivity (Wildman–Crippen MR) is 103 cm³/mol. The fourth-order valence-electron chi connectivity index (χ4n) is 3.01. The highest BCUT2D eigenvalue weighted by molar-refractivity contribution is 5.70. The van der Waals surface area contributed by atoms with Crippen molar-refractivity contribution in [2.24, 2.45) is 0 Å². The summed E-state index contributed by atoms with van der Waals surface area (Å²) in [5.41, 5.74) is 7.52. The number of aromatic nitrogens is 1. The molecule has 1 heterocycles. The molecule has 1 aromatic heterocycles. The Balaban J connectivity index is 1.77. The highest BCUT2D eigenvalue weighted by atomic mass is 14.7. The molecule has 0 N–H and O–H groups in total. The molecule has 0 saturated heterocycles. The largest absolute Gasteiger partial charge is 0.261 e. The van der Waals surface area contributed by atoms with E-state index in [1.165, 1.54) is 39.9 Å². The van der Waals surface area contributed by atoms with E-state index in [4.69, 9.17) is 0 Å². The first-order chi connectivity index (χ1) is 11.8. The molecule has 0 spiro atoms. The van der Waals surface area contributed by atoms with E-state index in [9.17, 15) is 0 Å². The van der Waals surface area contributed by atoms with Gasteiger partial charge in [0.05, 0.1) is 0 Å². The van der Waals surface area contributed by atoms with Gasteiger partial charge in [0.1, 0.15) is 0 Å². The van der Waals surface area contributed by atoms with E-state index in [2.05, 4.69) is 79.5 Å². The van der Waals surface area contributed by atoms with Crippen LogP contribution in [0.15, 0.2) is 66.9 Å². The van der Waals surface area contributed by atoms with Gasteiger partial charge in [-0.15, -0.1) is 0 Å². The normalized spacial score (nSPS) is 10.8. The van der Waals surface area contributed by atoms with Crippen LogP contribution in [0.25, 0.3) is 22.3 Å². The van der Waals surface area contributed by atoms with Gasteiger partial charge in [-0.05, 0) is 41.2 Å². The van der Waals surface area contributed by atoms with Crippen molar-refractivity contribution >= 4 is 0 Å². The number of hydrogen-bond acceptors (Lipinski definition) is 1. The van der Waals surface area contributed by atoms with E-state index in [0.717, 1.165) is 19.3 Å². The Morgan fingerprint density at radius 2 is 1.08 bits per heavy atom. The summed E-state index contributed by atoms with van der Waals surface area (Å²) in [7, 11) is 0. The second-order valence-corrected chi connectivity index (χ2v) is 6.31. The predicted octanol–water partition coefficient (Wildman–Crippen LogP) is 6.32. The average Bonchev–Trinajstić information content (AvgIpc) is 2.64. The molecule has 0 fully saturated rings. The lowest BCUT2D eigenvalue weighted by Crippen LogP contribution is -1.89. The first-order valence-corrected chi connectivity index (χ1v) is 8.95. The lowest BCUT2D eigenvalue weighted by atomic mass is 9.99. The smallest absolute Gasteiger partial charge is 0.0403 e. The van der Waals surface area contributed by atoms with Gasteiger partial charge in [0, 0.05) is 17.5 Å². The Morgan fingerprint density at radius 3 is 1.58 bits per heavy atom. The highest BCUT2D eigenvalue weighted by Gasteiger charge is 2.02. The Bertz CT molecular complexity index is 684. The van der Waals surface area contributed by atoms with Crippen LogP contribution in [0.3, 0.4) is 0 Å². The van der Waals surface area contributed by atoms with Gasteiger partial charge < -0.3 is 0 Å². The summed E-state index contributed by atoms with van der Waals surface area (Å²) in [4.78, 5) is 4.55. The van der Waals surface area contributed by atoms with E-state index in [0.29, 0.717) is 0 Å². The van der Waals surface area contributed by atoms with Crippen LogP contribution in [-0.2, 0) is 12.8 Å². The van der Waals surface area contributed by atoms with Gasteiger partial charge in [0.15, 0.2) is 0 Å². The molecule has 0 aliphatic heterocycles. The third kappa shape index (κ3) is 3.91. The summed E-state index contributed by atoms with van der Waals surface area (Å²) in [6.07, 6.45) is 6.52. The maximum absolute atomic E-state index is 4.55. The second kappa shape index (κ2) is 7.92. The summed E-state index contributed by atoms with van der Waals surface area (Å²) in [6.45, 7) is 4.40. The van der Waals surface area contributed by atoms with Crippen molar-refractivity contribution < 1.29 is 0 Å². The molecule has 1 heteroatoms. The fraction of sp³-hybridized carbons (Fsp3) is 0.261. The quantitative estimate of drug-likeness (QED) is 0.518. The molecule has 0 bridgehead atoms. The summed E-state index contributed by atoms with van der Waals surface area (Å²) in [5.74, 6) is 0. The second-order valence-electron chi connectivity index (χ2n) is 6.31. The average molecular weight is 315 g/mol. The van der Waals surface area contributed by atoms with Gasteiger partial charge in [-0.1, -0.05) is 81.3 Å². The van der Waals surface area contributed by atoms with Crippen molar-refractivity contribution in [3.05, 3.63) is 78.1 Å². The Labute approximate surface area is 145 Å². The maximum atomic E-state index is 4.55. The maximum Gasteiger partial charge on any atom is 0.0403 e. The lowest BCUT2D eigenvalue weighted by molar-refractivity contribution is 0.883. The van der Waals surface area contributed by atoms with Crippen molar-refractivity contribution in [3.8, 4) is 22.3 Å². The summed E-state index contributed by atoms with van der Waals surface area (Å²) >= 11 is 0. The molecule has 0 radical (unpaired) electrons. The van der Waals surface area contributed by atoms with Crippen molar-refractivity contribution in [1.82, 2.24) is 4.98 Å². The van der Waals surface area contributed by atoms with Crippen LogP contribution in [0.4, 0.5) is 0 Å². The third-order valence-electron chi connectivity index (χ3n) is 4.38. The van der Waals surface area contributed by atoms with Crippen molar-refractivity contribution in [1.29, 1.82) is 0 Å². The van der Waals surface area contributed by atoms with Gasteiger partial charge in [0.2, 0.25) is 0 Å². The van der Waals surface area contributed by atoms with Crippen LogP contribution in [0, 0.1) is 0 Å². The molecular formula is C23H25N. The Hall–Kier alpha value is -2.41.